The number of hydrogen-bond acceptors (Lipinski definition) is 6. The summed E-state index contributed by atoms with van der Waals surface area (Å²) >= 11 is 0. The Morgan fingerprint density at radius 2 is 1.94 bits per heavy atom. The van der Waals surface area contributed by atoms with Crippen molar-refractivity contribution in [2.75, 3.05) is 33.0 Å². The van der Waals surface area contributed by atoms with Crippen molar-refractivity contribution in [3.05, 3.63) is 12.2 Å². The Morgan fingerprint density at radius 3 is 2.50 bits per heavy atom. The van der Waals surface area contributed by atoms with Gasteiger partial charge in [0.1, 0.15) is 6.61 Å². The summed E-state index contributed by atoms with van der Waals surface area (Å²) in [5.74, 6) is -0.660. The highest BCUT2D eigenvalue weighted by molar-refractivity contribution is 5.86. The van der Waals surface area contributed by atoms with Gasteiger partial charge in [-0.25, -0.2) is 4.79 Å². The van der Waals surface area contributed by atoms with Crippen molar-refractivity contribution in [2.24, 2.45) is 0 Å². The van der Waals surface area contributed by atoms with E-state index < -0.39 is 12.3 Å². The molecule has 6 nitrogen and oxygen atoms in total. The van der Waals surface area contributed by atoms with Crippen LogP contribution < -0.4 is 0 Å². The molecule has 0 aromatic heterocycles. The van der Waals surface area contributed by atoms with Crippen molar-refractivity contribution in [1.29, 1.82) is 0 Å². The number of ether oxygens (including phenoxy) is 3. The molecule has 0 fully saturated rings. The molecule has 0 aliphatic heterocycles. The van der Waals surface area contributed by atoms with Crippen molar-refractivity contribution < 1.29 is 29.2 Å². The zero-order valence-corrected chi connectivity index (χ0v) is 9.35. The lowest BCUT2D eigenvalue weighted by atomic mass is 10.4. The summed E-state index contributed by atoms with van der Waals surface area (Å²) < 4.78 is 14.4. The Bertz CT molecular complexity index is 215. The molecule has 0 aliphatic rings. The van der Waals surface area contributed by atoms with E-state index in [9.17, 15) is 9.90 Å². The molecule has 0 heterocycles. The fraction of sp³-hybridized carbons (Fsp3) is 0.700. The standard InChI is InChI=1S/C10H18O6/c1-8(2)10(13)16-9(12)7-15-6-5-14-4-3-11/h9,11-12H,1,3-7H2,2H3. The molecule has 0 spiro atoms. The van der Waals surface area contributed by atoms with Crippen LogP contribution in [0.3, 0.4) is 0 Å². The van der Waals surface area contributed by atoms with Crippen LogP contribution >= 0.6 is 0 Å². The monoisotopic (exact) mass is 234 g/mol. The largest absolute Gasteiger partial charge is 0.430 e. The lowest BCUT2D eigenvalue weighted by molar-refractivity contribution is -0.173. The number of carbonyl (C=O) groups is 1. The average molecular weight is 234 g/mol. The molecule has 0 radical (unpaired) electrons. The Balaban J connectivity index is 3.40. The minimum atomic E-state index is -1.30. The number of aliphatic hydroxyl groups is 2. The van der Waals surface area contributed by atoms with Crippen molar-refractivity contribution in [3.8, 4) is 0 Å². The Morgan fingerprint density at radius 1 is 1.31 bits per heavy atom. The van der Waals surface area contributed by atoms with Crippen LogP contribution in [0.25, 0.3) is 0 Å². The van der Waals surface area contributed by atoms with Crippen LogP contribution in [0.1, 0.15) is 6.92 Å². The van der Waals surface area contributed by atoms with Gasteiger partial charge in [0.15, 0.2) is 0 Å². The summed E-state index contributed by atoms with van der Waals surface area (Å²) in [6.07, 6.45) is -1.30. The average Bonchev–Trinajstić information content (AvgIpc) is 2.23. The van der Waals surface area contributed by atoms with Gasteiger partial charge in [-0.3, -0.25) is 0 Å². The van der Waals surface area contributed by atoms with E-state index in [1.165, 1.54) is 6.92 Å². The van der Waals surface area contributed by atoms with Crippen LogP contribution in [0.2, 0.25) is 0 Å². The molecule has 0 saturated carbocycles. The van der Waals surface area contributed by atoms with Gasteiger partial charge in [-0.05, 0) is 6.92 Å². The van der Waals surface area contributed by atoms with Gasteiger partial charge in [0.25, 0.3) is 0 Å². The van der Waals surface area contributed by atoms with E-state index in [-0.39, 0.29) is 32.0 Å². The van der Waals surface area contributed by atoms with E-state index in [0.717, 1.165) is 0 Å². The van der Waals surface area contributed by atoms with E-state index in [2.05, 4.69) is 11.3 Å². The van der Waals surface area contributed by atoms with Gasteiger partial charge < -0.3 is 24.4 Å². The first-order valence-corrected chi connectivity index (χ1v) is 4.88. The highest BCUT2D eigenvalue weighted by atomic mass is 16.7. The minimum absolute atomic E-state index is 0.0428. The quantitative estimate of drug-likeness (QED) is 0.241. The summed E-state index contributed by atoms with van der Waals surface area (Å²) in [7, 11) is 0. The van der Waals surface area contributed by atoms with Gasteiger partial charge in [-0.2, -0.15) is 0 Å². The summed E-state index contributed by atoms with van der Waals surface area (Å²) in [5, 5.41) is 17.6. The van der Waals surface area contributed by atoms with Crippen molar-refractivity contribution >= 4 is 5.97 Å². The van der Waals surface area contributed by atoms with Gasteiger partial charge in [-0.15, -0.1) is 0 Å². The predicted octanol–water partition coefficient (Wildman–Crippen LogP) is -0.550. The van der Waals surface area contributed by atoms with E-state index in [1.54, 1.807) is 0 Å². The van der Waals surface area contributed by atoms with Gasteiger partial charge in [0, 0.05) is 5.57 Å². The summed E-state index contributed by atoms with van der Waals surface area (Å²) in [6, 6.07) is 0. The number of rotatable bonds is 9. The van der Waals surface area contributed by atoms with Crippen LogP contribution in [0.15, 0.2) is 12.2 Å². The van der Waals surface area contributed by atoms with E-state index in [0.29, 0.717) is 6.61 Å². The Kier molecular flexibility index (Phi) is 8.74. The number of carbonyl (C=O) groups excluding carboxylic acids is 1. The maximum Gasteiger partial charge on any atom is 0.335 e. The highest BCUT2D eigenvalue weighted by Crippen LogP contribution is 1.96. The molecule has 0 saturated heterocycles. The molecular formula is C10H18O6. The first kappa shape index (κ1) is 15.0. The maximum absolute atomic E-state index is 10.9. The van der Waals surface area contributed by atoms with Crippen molar-refractivity contribution in [3.63, 3.8) is 0 Å². The Labute approximate surface area is 94.4 Å². The maximum atomic E-state index is 10.9. The van der Waals surface area contributed by atoms with Crippen LogP contribution in [0, 0.1) is 0 Å². The highest BCUT2D eigenvalue weighted by Gasteiger charge is 2.11. The van der Waals surface area contributed by atoms with Gasteiger partial charge in [0.2, 0.25) is 6.29 Å². The molecule has 1 unspecified atom stereocenters. The molecule has 94 valence electrons. The van der Waals surface area contributed by atoms with E-state index in [4.69, 9.17) is 14.6 Å². The molecule has 6 heteroatoms. The third-order valence-corrected chi connectivity index (χ3v) is 1.46. The summed E-state index contributed by atoms with van der Waals surface area (Å²) in [4.78, 5) is 10.9. The smallest absolute Gasteiger partial charge is 0.335 e. The third-order valence-electron chi connectivity index (χ3n) is 1.46. The van der Waals surface area contributed by atoms with Gasteiger partial charge in [-0.1, -0.05) is 6.58 Å². The summed E-state index contributed by atoms with van der Waals surface area (Å²) in [6.45, 7) is 5.49. The lowest BCUT2D eigenvalue weighted by Gasteiger charge is -2.12. The normalized spacial score (nSPS) is 12.2. The molecule has 2 N–H and O–H groups in total. The van der Waals surface area contributed by atoms with E-state index >= 15 is 0 Å². The van der Waals surface area contributed by atoms with Gasteiger partial charge >= 0.3 is 5.97 Å². The fourth-order valence-corrected chi connectivity index (χ4v) is 0.727. The molecule has 1 atom stereocenters. The van der Waals surface area contributed by atoms with Crippen molar-refractivity contribution in [2.45, 2.75) is 13.2 Å². The zero-order chi connectivity index (χ0) is 12.4. The lowest BCUT2D eigenvalue weighted by Crippen LogP contribution is -2.24. The Hall–Kier alpha value is -0.950. The SMILES string of the molecule is C=C(C)C(=O)OC(O)COCCOCCO. The molecule has 0 aliphatic carbocycles. The topological polar surface area (TPSA) is 85.2 Å². The molecule has 0 aromatic carbocycles. The van der Waals surface area contributed by atoms with Gasteiger partial charge in [0.05, 0.1) is 26.4 Å². The van der Waals surface area contributed by atoms with Crippen LogP contribution in [0.4, 0.5) is 0 Å². The molecule has 0 bridgehead atoms. The van der Waals surface area contributed by atoms with Crippen molar-refractivity contribution in [1.82, 2.24) is 0 Å². The summed E-state index contributed by atoms with van der Waals surface area (Å²) in [5.41, 5.74) is 0.213. The molecule has 16 heavy (non-hydrogen) atoms. The molecule has 0 aromatic rings. The molecule has 0 amide bonds. The number of esters is 1. The second kappa shape index (κ2) is 9.29. The molecular weight excluding hydrogens is 216 g/mol. The van der Waals surface area contributed by atoms with Crippen LogP contribution in [-0.2, 0) is 19.0 Å². The minimum Gasteiger partial charge on any atom is -0.430 e. The first-order valence-electron chi connectivity index (χ1n) is 4.88. The second-order valence-electron chi connectivity index (χ2n) is 3.05. The van der Waals surface area contributed by atoms with Crippen LogP contribution in [-0.4, -0.2) is 55.5 Å². The van der Waals surface area contributed by atoms with E-state index in [1.807, 2.05) is 0 Å². The number of hydrogen-bond donors (Lipinski definition) is 2. The molecule has 0 rings (SSSR count). The first-order chi connectivity index (χ1) is 7.57. The predicted molar refractivity (Wildman–Crippen MR) is 55.6 cm³/mol. The second-order valence-corrected chi connectivity index (χ2v) is 3.05. The fourth-order valence-electron chi connectivity index (χ4n) is 0.727. The number of aliphatic hydroxyl groups excluding tert-OH is 2. The van der Waals surface area contributed by atoms with Crippen LogP contribution in [0.5, 0.6) is 0 Å². The zero-order valence-electron chi connectivity index (χ0n) is 9.35. The third kappa shape index (κ3) is 8.37.